The normalized spacial score (nSPS) is 11.3. The van der Waals surface area contributed by atoms with Crippen LogP contribution in [-0.4, -0.2) is 24.5 Å². The number of nitrogens with two attached hydrogens (primary N) is 1. The van der Waals surface area contributed by atoms with Gasteiger partial charge in [0.1, 0.15) is 0 Å². The number of hydrogen-bond acceptors (Lipinski definition) is 5. The van der Waals surface area contributed by atoms with Gasteiger partial charge in [-0.15, -0.1) is 0 Å². The molecular formula is C20H20N4O3S. The molecule has 1 amide bonds. The van der Waals surface area contributed by atoms with Gasteiger partial charge in [0, 0.05) is 16.8 Å². The Morgan fingerprint density at radius 2 is 1.64 bits per heavy atom. The highest BCUT2D eigenvalue weighted by atomic mass is 32.2. The Morgan fingerprint density at radius 3 is 2.21 bits per heavy atom. The van der Waals surface area contributed by atoms with Gasteiger partial charge in [-0.3, -0.25) is 4.79 Å². The van der Waals surface area contributed by atoms with E-state index in [1.807, 2.05) is 19.1 Å². The minimum Gasteiger partial charge on any atom is -0.322 e. The minimum atomic E-state index is -3.87. The summed E-state index contributed by atoms with van der Waals surface area (Å²) in [4.78, 5) is 12.6. The number of carbonyl (C=O) groups excluding carboxylic acids is 1. The molecule has 1 aromatic heterocycles. The zero-order valence-corrected chi connectivity index (χ0v) is 16.5. The molecule has 0 atom stereocenters. The summed E-state index contributed by atoms with van der Waals surface area (Å²) in [6.45, 7) is 5.42. The molecule has 0 aliphatic rings. The predicted octanol–water partition coefficient (Wildman–Crippen LogP) is 2.97. The van der Waals surface area contributed by atoms with Gasteiger partial charge in [0.15, 0.2) is 0 Å². The molecule has 0 bridgehead atoms. The van der Waals surface area contributed by atoms with E-state index in [1.165, 1.54) is 12.1 Å². The molecule has 0 aliphatic heterocycles. The summed E-state index contributed by atoms with van der Waals surface area (Å²) in [5.74, 6) is -0.351. The van der Waals surface area contributed by atoms with Gasteiger partial charge in [0.25, 0.3) is 5.91 Å². The van der Waals surface area contributed by atoms with Crippen LogP contribution < -0.4 is 10.5 Å². The topological polar surface area (TPSA) is 115 Å². The molecule has 3 rings (SSSR count). The van der Waals surface area contributed by atoms with E-state index in [2.05, 4.69) is 15.5 Å². The second kappa shape index (κ2) is 7.49. The van der Waals surface area contributed by atoms with E-state index in [4.69, 9.17) is 5.14 Å². The van der Waals surface area contributed by atoms with E-state index in [0.29, 0.717) is 16.9 Å². The van der Waals surface area contributed by atoms with Crippen molar-refractivity contribution in [3.63, 3.8) is 0 Å². The first-order chi connectivity index (χ1) is 13.1. The monoisotopic (exact) mass is 396 g/mol. The number of nitrogens with zero attached hydrogens (tertiary/aromatic N) is 2. The molecule has 144 valence electrons. The van der Waals surface area contributed by atoms with Crippen molar-refractivity contribution in [3.8, 4) is 11.3 Å². The highest BCUT2D eigenvalue weighted by Gasteiger charge is 2.15. The highest BCUT2D eigenvalue weighted by molar-refractivity contribution is 7.89. The van der Waals surface area contributed by atoms with Crippen LogP contribution in [0.3, 0.4) is 0 Å². The molecule has 3 N–H and O–H groups in total. The van der Waals surface area contributed by atoms with Crippen molar-refractivity contribution in [2.75, 3.05) is 5.32 Å². The summed E-state index contributed by atoms with van der Waals surface area (Å²) >= 11 is 0. The summed E-state index contributed by atoms with van der Waals surface area (Å²) in [6, 6.07) is 13.5. The van der Waals surface area contributed by atoms with Gasteiger partial charge in [0.2, 0.25) is 10.0 Å². The van der Waals surface area contributed by atoms with Crippen LogP contribution in [0.2, 0.25) is 0 Å². The van der Waals surface area contributed by atoms with Crippen LogP contribution in [0.1, 0.15) is 27.2 Å². The van der Waals surface area contributed by atoms with Gasteiger partial charge in [0.05, 0.1) is 16.3 Å². The van der Waals surface area contributed by atoms with E-state index in [1.54, 1.807) is 38.1 Å². The Labute approximate surface area is 163 Å². The fourth-order valence-electron chi connectivity index (χ4n) is 2.66. The minimum absolute atomic E-state index is 0.0424. The molecule has 3 aromatic rings. The zero-order valence-electron chi connectivity index (χ0n) is 15.7. The second-order valence-electron chi connectivity index (χ2n) is 6.55. The van der Waals surface area contributed by atoms with Crippen molar-refractivity contribution in [2.24, 2.45) is 5.14 Å². The predicted molar refractivity (Wildman–Crippen MR) is 107 cm³/mol. The van der Waals surface area contributed by atoms with Gasteiger partial charge in [-0.2, -0.15) is 10.2 Å². The number of sulfonamides is 1. The Kier molecular flexibility index (Phi) is 5.26. The molecule has 0 aliphatic carbocycles. The van der Waals surface area contributed by atoms with Crippen LogP contribution in [0.15, 0.2) is 53.4 Å². The van der Waals surface area contributed by atoms with Gasteiger partial charge in [-0.25, -0.2) is 13.6 Å². The summed E-state index contributed by atoms with van der Waals surface area (Å²) in [5, 5.41) is 16.1. The van der Waals surface area contributed by atoms with E-state index < -0.39 is 10.0 Å². The van der Waals surface area contributed by atoms with E-state index >= 15 is 0 Å². The lowest BCUT2D eigenvalue weighted by molar-refractivity contribution is 0.102. The summed E-state index contributed by atoms with van der Waals surface area (Å²) < 4.78 is 23.3. The SMILES string of the molecule is Cc1ccc(-c2ccc(C(=O)Nc3cc(S(N)(=O)=O)cc(C)c3C)cc2)nn1. The van der Waals surface area contributed by atoms with Gasteiger partial charge >= 0.3 is 0 Å². The molecule has 0 radical (unpaired) electrons. The molecule has 28 heavy (non-hydrogen) atoms. The lowest BCUT2D eigenvalue weighted by Crippen LogP contribution is -2.16. The van der Waals surface area contributed by atoms with Gasteiger partial charge < -0.3 is 5.32 Å². The van der Waals surface area contributed by atoms with Crippen molar-refractivity contribution < 1.29 is 13.2 Å². The fraction of sp³-hybridized carbons (Fsp3) is 0.150. The van der Waals surface area contributed by atoms with Crippen molar-refractivity contribution >= 4 is 21.6 Å². The maximum Gasteiger partial charge on any atom is 0.255 e. The largest absolute Gasteiger partial charge is 0.322 e. The Balaban J connectivity index is 1.85. The molecule has 8 heteroatoms. The lowest BCUT2D eigenvalue weighted by Gasteiger charge is -2.13. The van der Waals surface area contributed by atoms with Crippen molar-refractivity contribution in [1.29, 1.82) is 0 Å². The third-order valence-corrected chi connectivity index (χ3v) is 5.35. The maximum atomic E-state index is 12.6. The van der Waals surface area contributed by atoms with Crippen LogP contribution in [0.5, 0.6) is 0 Å². The molecule has 7 nitrogen and oxygen atoms in total. The quantitative estimate of drug-likeness (QED) is 0.703. The highest BCUT2D eigenvalue weighted by Crippen LogP contribution is 2.24. The van der Waals surface area contributed by atoms with Gasteiger partial charge in [-0.05, 0) is 68.3 Å². The zero-order chi connectivity index (χ0) is 20.5. The Hall–Kier alpha value is -3.10. The molecule has 0 spiro atoms. The van der Waals surface area contributed by atoms with E-state index in [-0.39, 0.29) is 10.8 Å². The number of aryl methyl sites for hydroxylation is 2. The molecule has 0 unspecified atom stereocenters. The number of benzene rings is 2. The number of anilines is 1. The van der Waals surface area contributed by atoms with Crippen molar-refractivity contribution in [2.45, 2.75) is 25.7 Å². The number of amides is 1. The Bertz CT molecular complexity index is 1140. The smallest absolute Gasteiger partial charge is 0.255 e. The standard InChI is InChI=1S/C20H20N4O3S/c1-12-10-17(28(21,26)27)11-19(14(12)3)22-20(25)16-7-5-15(6-8-16)18-9-4-13(2)23-24-18/h4-11H,1-3H3,(H,22,25)(H2,21,26,27). The molecule has 0 saturated carbocycles. The second-order valence-corrected chi connectivity index (χ2v) is 8.11. The van der Waals surface area contributed by atoms with E-state index in [0.717, 1.165) is 22.4 Å². The number of rotatable bonds is 4. The van der Waals surface area contributed by atoms with Crippen LogP contribution in [0.25, 0.3) is 11.3 Å². The number of hydrogen-bond donors (Lipinski definition) is 2. The number of nitrogens with one attached hydrogen (secondary N) is 1. The molecule has 0 fully saturated rings. The molecular weight excluding hydrogens is 376 g/mol. The van der Waals surface area contributed by atoms with E-state index in [9.17, 15) is 13.2 Å². The summed E-state index contributed by atoms with van der Waals surface area (Å²) in [7, 11) is -3.87. The summed E-state index contributed by atoms with van der Waals surface area (Å²) in [6.07, 6.45) is 0. The van der Waals surface area contributed by atoms with Crippen LogP contribution in [0, 0.1) is 20.8 Å². The Morgan fingerprint density at radius 1 is 0.964 bits per heavy atom. The number of primary sulfonamides is 1. The average Bonchev–Trinajstić information content (AvgIpc) is 2.65. The third kappa shape index (κ3) is 4.24. The first-order valence-electron chi connectivity index (χ1n) is 8.51. The summed E-state index contributed by atoms with van der Waals surface area (Å²) in [5.41, 5.74) is 4.70. The maximum absolute atomic E-state index is 12.6. The average molecular weight is 396 g/mol. The number of carbonyl (C=O) groups is 1. The first kappa shape index (κ1) is 19.7. The van der Waals surface area contributed by atoms with Crippen LogP contribution in [-0.2, 0) is 10.0 Å². The molecule has 1 heterocycles. The fourth-order valence-corrected chi connectivity index (χ4v) is 3.28. The van der Waals surface area contributed by atoms with Crippen molar-refractivity contribution in [1.82, 2.24) is 10.2 Å². The van der Waals surface area contributed by atoms with Gasteiger partial charge in [-0.1, -0.05) is 12.1 Å². The van der Waals surface area contributed by atoms with Crippen LogP contribution >= 0.6 is 0 Å². The number of aromatic nitrogens is 2. The van der Waals surface area contributed by atoms with Crippen LogP contribution in [0.4, 0.5) is 5.69 Å². The lowest BCUT2D eigenvalue weighted by atomic mass is 10.1. The third-order valence-electron chi connectivity index (χ3n) is 4.46. The first-order valence-corrected chi connectivity index (χ1v) is 10.1. The van der Waals surface area contributed by atoms with Crippen molar-refractivity contribution in [3.05, 3.63) is 70.9 Å². The molecule has 0 saturated heterocycles. The molecule has 2 aromatic carbocycles.